The highest BCUT2D eigenvalue weighted by Gasteiger charge is 2.10. The predicted octanol–water partition coefficient (Wildman–Crippen LogP) is 2.75. The fourth-order valence-corrected chi connectivity index (χ4v) is 2.73. The maximum atomic E-state index is 5.37. The molecule has 0 amide bonds. The van der Waals surface area contributed by atoms with E-state index in [1.807, 2.05) is 25.3 Å². The molecule has 114 valence electrons. The summed E-state index contributed by atoms with van der Waals surface area (Å²) in [6.07, 6.45) is 3.91. The van der Waals surface area contributed by atoms with E-state index in [1.165, 1.54) is 16.0 Å². The minimum absolute atomic E-state index is 0.756. The van der Waals surface area contributed by atoms with Crippen molar-refractivity contribution in [3.05, 3.63) is 35.2 Å². The fraction of sp³-hybridized carbons (Fsp3) is 0.400. The Morgan fingerprint density at radius 2 is 1.81 bits per heavy atom. The summed E-state index contributed by atoms with van der Waals surface area (Å²) < 4.78 is 10.7. The topological polar surface area (TPSA) is 59.2 Å². The van der Waals surface area contributed by atoms with Crippen LogP contribution in [0.4, 0.5) is 0 Å². The van der Waals surface area contributed by atoms with Crippen LogP contribution in [0.1, 0.15) is 16.8 Å². The van der Waals surface area contributed by atoms with Gasteiger partial charge in [-0.2, -0.15) is 5.10 Å². The molecule has 1 aromatic carbocycles. The van der Waals surface area contributed by atoms with Crippen molar-refractivity contribution in [2.75, 3.05) is 20.5 Å². The summed E-state index contributed by atoms with van der Waals surface area (Å²) in [5.74, 6) is 1.52. The number of aromatic nitrogens is 2. The van der Waals surface area contributed by atoms with E-state index in [2.05, 4.69) is 21.8 Å². The lowest BCUT2D eigenvalue weighted by Crippen LogP contribution is -2.13. The van der Waals surface area contributed by atoms with Gasteiger partial charge in [-0.1, -0.05) is 0 Å². The van der Waals surface area contributed by atoms with Crippen LogP contribution in [-0.4, -0.2) is 30.7 Å². The molecule has 1 heterocycles. The van der Waals surface area contributed by atoms with Crippen LogP contribution in [-0.2, 0) is 13.1 Å². The van der Waals surface area contributed by atoms with Crippen LogP contribution in [0.3, 0.4) is 0 Å². The number of rotatable bonds is 7. The lowest BCUT2D eigenvalue weighted by Gasteiger charge is -2.14. The molecule has 0 aliphatic carbocycles. The second-order valence-corrected chi connectivity index (χ2v) is 5.49. The van der Waals surface area contributed by atoms with E-state index < -0.39 is 0 Å². The van der Waals surface area contributed by atoms with Crippen molar-refractivity contribution in [3.8, 4) is 11.5 Å². The van der Waals surface area contributed by atoms with Crippen molar-refractivity contribution < 1.29 is 9.47 Å². The molecule has 5 nitrogen and oxygen atoms in total. The number of benzene rings is 1. The number of thioether (sulfide) groups is 1. The van der Waals surface area contributed by atoms with Gasteiger partial charge in [0.05, 0.1) is 20.4 Å². The zero-order valence-corrected chi connectivity index (χ0v) is 13.6. The van der Waals surface area contributed by atoms with Gasteiger partial charge < -0.3 is 14.8 Å². The summed E-state index contributed by atoms with van der Waals surface area (Å²) in [5.41, 5.74) is 3.47. The smallest absolute Gasteiger partial charge is 0.161 e. The average Bonchev–Trinajstić information content (AvgIpc) is 2.92. The summed E-state index contributed by atoms with van der Waals surface area (Å²) in [4.78, 5) is 1.18. The van der Waals surface area contributed by atoms with E-state index in [1.54, 1.807) is 26.0 Å². The molecule has 0 saturated heterocycles. The van der Waals surface area contributed by atoms with Gasteiger partial charge in [0, 0.05) is 29.2 Å². The first-order valence-electron chi connectivity index (χ1n) is 6.68. The third-order valence-electron chi connectivity index (χ3n) is 3.35. The Balaban J connectivity index is 2.09. The second-order valence-electron chi connectivity index (χ2n) is 4.64. The molecule has 2 rings (SSSR count). The highest BCUT2D eigenvalue weighted by molar-refractivity contribution is 7.98. The van der Waals surface area contributed by atoms with Crippen molar-refractivity contribution in [1.82, 2.24) is 15.5 Å². The van der Waals surface area contributed by atoms with Crippen molar-refractivity contribution >= 4 is 11.8 Å². The van der Waals surface area contributed by atoms with Gasteiger partial charge in [0.2, 0.25) is 0 Å². The molecule has 0 atom stereocenters. The van der Waals surface area contributed by atoms with Crippen LogP contribution in [0, 0.1) is 6.92 Å². The summed E-state index contributed by atoms with van der Waals surface area (Å²) >= 11 is 1.70. The number of nitrogens with one attached hydrogen (secondary N) is 2. The van der Waals surface area contributed by atoms with Crippen LogP contribution in [0.15, 0.2) is 23.2 Å². The van der Waals surface area contributed by atoms with Gasteiger partial charge in [-0.3, -0.25) is 5.10 Å². The first kappa shape index (κ1) is 15.7. The molecule has 1 aromatic heterocycles. The molecular formula is C15H21N3O2S. The predicted molar refractivity (Wildman–Crippen MR) is 85.2 cm³/mol. The Morgan fingerprint density at radius 3 is 2.38 bits per heavy atom. The molecule has 2 aromatic rings. The third-order valence-corrected chi connectivity index (χ3v) is 4.17. The molecule has 0 unspecified atom stereocenters. The molecule has 0 aliphatic heterocycles. The van der Waals surface area contributed by atoms with Crippen molar-refractivity contribution in [2.45, 2.75) is 24.9 Å². The Labute approximate surface area is 129 Å². The van der Waals surface area contributed by atoms with E-state index in [0.29, 0.717) is 0 Å². The summed E-state index contributed by atoms with van der Waals surface area (Å²) in [6.45, 7) is 3.57. The summed E-state index contributed by atoms with van der Waals surface area (Å²) in [6, 6.07) is 4.05. The molecule has 0 aliphatic rings. The van der Waals surface area contributed by atoms with E-state index in [0.717, 1.165) is 30.3 Å². The first-order chi connectivity index (χ1) is 10.2. The number of ether oxygens (including phenoxy) is 2. The SMILES string of the molecule is COc1cc(CNCc2cn[nH]c2C)c(SC)cc1OC. The van der Waals surface area contributed by atoms with Crippen molar-refractivity contribution in [2.24, 2.45) is 0 Å². The van der Waals surface area contributed by atoms with Gasteiger partial charge >= 0.3 is 0 Å². The standard InChI is InChI=1S/C15H21N3O2S/c1-10-12(9-17-18-10)8-16-7-11-5-13(19-2)14(20-3)6-15(11)21-4/h5-6,9,16H,7-8H2,1-4H3,(H,17,18). The molecule has 0 spiro atoms. The average molecular weight is 307 g/mol. The zero-order valence-electron chi connectivity index (χ0n) is 12.8. The molecule has 21 heavy (non-hydrogen) atoms. The normalized spacial score (nSPS) is 10.7. The van der Waals surface area contributed by atoms with Gasteiger partial charge in [-0.05, 0) is 30.9 Å². The van der Waals surface area contributed by atoms with Gasteiger partial charge in [0.15, 0.2) is 11.5 Å². The molecule has 2 N–H and O–H groups in total. The first-order valence-corrected chi connectivity index (χ1v) is 7.90. The summed E-state index contributed by atoms with van der Waals surface area (Å²) in [5, 5.41) is 10.4. The zero-order chi connectivity index (χ0) is 15.2. The molecule has 0 radical (unpaired) electrons. The highest BCUT2D eigenvalue weighted by atomic mass is 32.2. The van der Waals surface area contributed by atoms with E-state index in [9.17, 15) is 0 Å². The van der Waals surface area contributed by atoms with Gasteiger partial charge in [-0.25, -0.2) is 0 Å². The molecule has 0 saturated carbocycles. The maximum absolute atomic E-state index is 5.37. The molecule has 0 fully saturated rings. The number of nitrogens with zero attached hydrogens (tertiary/aromatic N) is 1. The highest BCUT2D eigenvalue weighted by Crippen LogP contribution is 2.34. The van der Waals surface area contributed by atoms with Crippen LogP contribution in [0.5, 0.6) is 11.5 Å². The van der Waals surface area contributed by atoms with Crippen molar-refractivity contribution in [1.29, 1.82) is 0 Å². The van der Waals surface area contributed by atoms with E-state index >= 15 is 0 Å². The number of aromatic amines is 1. The van der Waals surface area contributed by atoms with Crippen LogP contribution in [0.2, 0.25) is 0 Å². The van der Waals surface area contributed by atoms with Gasteiger partial charge in [-0.15, -0.1) is 11.8 Å². The Hall–Kier alpha value is -1.66. The summed E-state index contributed by atoms with van der Waals surface area (Å²) in [7, 11) is 3.31. The lowest BCUT2D eigenvalue weighted by molar-refractivity contribution is 0.353. The minimum Gasteiger partial charge on any atom is -0.493 e. The van der Waals surface area contributed by atoms with Gasteiger partial charge in [0.1, 0.15) is 0 Å². The number of hydrogen-bond donors (Lipinski definition) is 2. The second kappa shape index (κ2) is 7.38. The maximum Gasteiger partial charge on any atom is 0.161 e. The lowest BCUT2D eigenvalue weighted by atomic mass is 10.2. The molecule has 0 bridgehead atoms. The van der Waals surface area contributed by atoms with Gasteiger partial charge in [0.25, 0.3) is 0 Å². The third kappa shape index (κ3) is 3.71. The monoisotopic (exact) mass is 307 g/mol. The minimum atomic E-state index is 0.756. The van der Waals surface area contributed by atoms with Crippen molar-refractivity contribution in [3.63, 3.8) is 0 Å². The number of hydrogen-bond acceptors (Lipinski definition) is 5. The quantitative estimate of drug-likeness (QED) is 0.770. The molecular weight excluding hydrogens is 286 g/mol. The number of H-pyrrole nitrogens is 1. The Morgan fingerprint density at radius 1 is 1.14 bits per heavy atom. The van der Waals surface area contributed by atoms with Crippen LogP contribution < -0.4 is 14.8 Å². The van der Waals surface area contributed by atoms with Crippen LogP contribution in [0.25, 0.3) is 0 Å². The van der Waals surface area contributed by atoms with E-state index in [4.69, 9.17) is 9.47 Å². The molecule has 6 heteroatoms. The Kier molecular flexibility index (Phi) is 5.52. The van der Waals surface area contributed by atoms with Crippen LogP contribution >= 0.6 is 11.8 Å². The number of aryl methyl sites for hydroxylation is 1. The number of methoxy groups -OCH3 is 2. The fourth-order valence-electron chi connectivity index (χ4n) is 2.12. The largest absolute Gasteiger partial charge is 0.493 e. The van der Waals surface area contributed by atoms with E-state index in [-0.39, 0.29) is 0 Å². The Bertz CT molecular complexity index is 599.